The van der Waals surface area contributed by atoms with Gasteiger partial charge in [0.1, 0.15) is 0 Å². The lowest BCUT2D eigenvalue weighted by molar-refractivity contribution is 0.0697. The maximum Gasteiger partial charge on any atom is 0.335 e. The van der Waals surface area contributed by atoms with Gasteiger partial charge in [0.25, 0.3) is 0 Å². The summed E-state index contributed by atoms with van der Waals surface area (Å²) in [6.45, 7) is 2.51. The highest BCUT2D eigenvalue weighted by atomic mass is 16.4. The second-order valence-corrected chi connectivity index (χ2v) is 4.04. The lowest BCUT2D eigenvalue weighted by Crippen LogP contribution is -2.02. The molecule has 2 N–H and O–H groups in total. The van der Waals surface area contributed by atoms with Crippen LogP contribution in [0.5, 0.6) is 0 Å². The average molecular weight is 242 g/mol. The van der Waals surface area contributed by atoms with Crippen LogP contribution >= 0.6 is 0 Å². The topological polar surface area (TPSA) is 62.2 Å². The van der Waals surface area contributed by atoms with Crippen molar-refractivity contribution in [3.63, 3.8) is 0 Å². The lowest BCUT2D eigenvalue weighted by Gasteiger charge is -2.07. The van der Waals surface area contributed by atoms with Crippen LogP contribution in [0.1, 0.15) is 21.6 Å². The van der Waals surface area contributed by atoms with E-state index >= 15 is 0 Å². The van der Waals surface area contributed by atoms with Crippen LogP contribution in [-0.4, -0.2) is 16.1 Å². The normalized spacial score (nSPS) is 10.1. The smallest absolute Gasteiger partial charge is 0.335 e. The molecule has 2 rings (SSSR count). The quantitative estimate of drug-likeness (QED) is 0.865. The summed E-state index contributed by atoms with van der Waals surface area (Å²) in [4.78, 5) is 15.0. The fraction of sp³-hybridized carbons (Fsp3) is 0.143. The number of carbonyl (C=O) groups is 1. The molecule has 0 radical (unpaired) electrons. The van der Waals surface area contributed by atoms with Gasteiger partial charge in [0, 0.05) is 24.1 Å². The third kappa shape index (κ3) is 3.07. The van der Waals surface area contributed by atoms with E-state index in [1.54, 1.807) is 24.4 Å². The Morgan fingerprint density at radius 2 is 2.17 bits per heavy atom. The van der Waals surface area contributed by atoms with E-state index in [4.69, 9.17) is 5.11 Å². The molecule has 0 aliphatic heterocycles. The van der Waals surface area contributed by atoms with E-state index < -0.39 is 5.97 Å². The Bertz CT molecular complexity index is 567. The molecule has 0 saturated heterocycles. The Morgan fingerprint density at radius 3 is 2.89 bits per heavy atom. The zero-order valence-electron chi connectivity index (χ0n) is 10.1. The van der Waals surface area contributed by atoms with Crippen LogP contribution in [0.25, 0.3) is 0 Å². The fourth-order valence-corrected chi connectivity index (χ4v) is 1.67. The molecule has 1 heterocycles. The highest BCUT2D eigenvalue weighted by Crippen LogP contribution is 2.11. The SMILES string of the molecule is Cc1cc(NCc2cccc(C(=O)O)c2)ccn1. The number of anilines is 1. The monoisotopic (exact) mass is 242 g/mol. The molecule has 0 unspecified atom stereocenters. The molecular weight excluding hydrogens is 228 g/mol. The summed E-state index contributed by atoms with van der Waals surface area (Å²) in [7, 11) is 0. The van der Waals surface area contributed by atoms with E-state index in [1.165, 1.54) is 0 Å². The third-order valence-corrected chi connectivity index (χ3v) is 2.57. The summed E-state index contributed by atoms with van der Waals surface area (Å²) in [6, 6.07) is 10.7. The van der Waals surface area contributed by atoms with Crippen molar-refractivity contribution >= 4 is 11.7 Å². The highest BCUT2D eigenvalue weighted by molar-refractivity contribution is 5.87. The van der Waals surface area contributed by atoms with E-state index in [9.17, 15) is 4.79 Å². The van der Waals surface area contributed by atoms with Gasteiger partial charge in [-0.25, -0.2) is 4.79 Å². The van der Waals surface area contributed by atoms with Gasteiger partial charge in [-0.15, -0.1) is 0 Å². The summed E-state index contributed by atoms with van der Waals surface area (Å²) < 4.78 is 0. The second kappa shape index (κ2) is 5.31. The summed E-state index contributed by atoms with van der Waals surface area (Å²) in [5.41, 5.74) is 3.16. The van der Waals surface area contributed by atoms with Crippen molar-refractivity contribution in [3.8, 4) is 0 Å². The zero-order valence-corrected chi connectivity index (χ0v) is 10.1. The molecule has 18 heavy (non-hydrogen) atoms. The standard InChI is InChI=1S/C14H14N2O2/c1-10-7-13(5-6-15-10)16-9-11-3-2-4-12(8-11)14(17)18/h2-8H,9H2,1H3,(H,15,16)(H,17,18). The van der Waals surface area contributed by atoms with Gasteiger partial charge in [-0.3, -0.25) is 4.98 Å². The second-order valence-electron chi connectivity index (χ2n) is 4.04. The molecule has 0 aliphatic rings. The number of hydrogen-bond donors (Lipinski definition) is 2. The number of aromatic carboxylic acids is 1. The number of pyridine rings is 1. The average Bonchev–Trinajstić information content (AvgIpc) is 2.37. The van der Waals surface area contributed by atoms with Crippen molar-refractivity contribution in [2.45, 2.75) is 13.5 Å². The molecule has 0 fully saturated rings. The van der Waals surface area contributed by atoms with E-state index in [0.29, 0.717) is 12.1 Å². The number of carboxylic acids is 1. The van der Waals surface area contributed by atoms with Crippen molar-refractivity contribution < 1.29 is 9.90 Å². The number of nitrogens with one attached hydrogen (secondary N) is 1. The molecule has 0 spiro atoms. The maximum absolute atomic E-state index is 10.8. The Labute approximate surface area is 105 Å². The van der Waals surface area contributed by atoms with Crippen LogP contribution in [0.3, 0.4) is 0 Å². The summed E-state index contributed by atoms with van der Waals surface area (Å²) >= 11 is 0. The van der Waals surface area contributed by atoms with E-state index in [1.807, 2.05) is 25.1 Å². The largest absolute Gasteiger partial charge is 0.478 e. The van der Waals surface area contributed by atoms with Crippen LogP contribution in [0.15, 0.2) is 42.6 Å². The van der Waals surface area contributed by atoms with Crippen LogP contribution in [0.2, 0.25) is 0 Å². The fourth-order valence-electron chi connectivity index (χ4n) is 1.67. The minimum Gasteiger partial charge on any atom is -0.478 e. The van der Waals surface area contributed by atoms with E-state index in [-0.39, 0.29) is 0 Å². The van der Waals surface area contributed by atoms with Gasteiger partial charge in [0.15, 0.2) is 0 Å². The summed E-state index contributed by atoms with van der Waals surface area (Å²) in [5, 5.41) is 12.1. The molecule has 2 aromatic rings. The molecule has 0 saturated carbocycles. The highest BCUT2D eigenvalue weighted by Gasteiger charge is 2.03. The first-order chi connectivity index (χ1) is 8.65. The number of aromatic nitrogens is 1. The van der Waals surface area contributed by atoms with Crippen LogP contribution in [-0.2, 0) is 6.54 Å². The molecule has 0 aliphatic carbocycles. The number of nitrogens with zero attached hydrogens (tertiary/aromatic N) is 1. The number of aryl methyl sites for hydroxylation is 1. The molecule has 4 nitrogen and oxygen atoms in total. The van der Waals surface area contributed by atoms with Crippen molar-refractivity contribution in [1.82, 2.24) is 4.98 Å². The van der Waals surface area contributed by atoms with Gasteiger partial charge in [0.2, 0.25) is 0 Å². The summed E-state index contributed by atoms with van der Waals surface area (Å²) in [6.07, 6.45) is 1.74. The molecule has 4 heteroatoms. The van der Waals surface area contributed by atoms with Gasteiger partial charge >= 0.3 is 5.97 Å². The Kier molecular flexibility index (Phi) is 3.57. The van der Waals surface area contributed by atoms with Crippen molar-refractivity contribution in [2.75, 3.05) is 5.32 Å². The van der Waals surface area contributed by atoms with Crippen LogP contribution < -0.4 is 5.32 Å². The molecule has 0 amide bonds. The Balaban J connectivity index is 2.06. The molecule has 1 aromatic carbocycles. The van der Waals surface area contributed by atoms with E-state index in [2.05, 4.69) is 10.3 Å². The molecule has 1 aromatic heterocycles. The summed E-state index contributed by atoms with van der Waals surface area (Å²) in [5.74, 6) is -0.906. The number of benzene rings is 1. The Hall–Kier alpha value is -2.36. The molecule has 0 bridgehead atoms. The molecular formula is C14H14N2O2. The van der Waals surface area contributed by atoms with Gasteiger partial charge in [-0.05, 0) is 36.8 Å². The predicted molar refractivity (Wildman–Crippen MR) is 69.7 cm³/mol. The maximum atomic E-state index is 10.8. The minimum absolute atomic E-state index is 0.306. The van der Waals surface area contributed by atoms with Gasteiger partial charge in [0.05, 0.1) is 5.56 Å². The zero-order chi connectivity index (χ0) is 13.0. The van der Waals surface area contributed by atoms with Crippen molar-refractivity contribution in [1.29, 1.82) is 0 Å². The van der Waals surface area contributed by atoms with Crippen molar-refractivity contribution in [2.24, 2.45) is 0 Å². The van der Waals surface area contributed by atoms with Crippen molar-refractivity contribution in [3.05, 3.63) is 59.4 Å². The first kappa shape index (κ1) is 12.1. The number of rotatable bonds is 4. The van der Waals surface area contributed by atoms with Crippen LogP contribution in [0, 0.1) is 6.92 Å². The van der Waals surface area contributed by atoms with E-state index in [0.717, 1.165) is 16.9 Å². The first-order valence-corrected chi connectivity index (χ1v) is 5.64. The minimum atomic E-state index is -0.906. The van der Waals surface area contributed by atoms with Gasteiger partial charge in [-0.1, -0.05) is 12.1 Å². The van der Waals surface area contributed by atoms with Crippen LogP contribution in [0.4, 0.5) is 5.69 Å². The van der Waals surface area contributed by atoms with Gasteiger partial charge < -0.3 is 10.4 Å². The molecule has 0 atom stereocenters. The van der Waals surface area contributed by atoms with Gasteiger partial charge in [-0.2, -0.15) is 0 Å². The lowest BCUT2D eigenvalue weighted by atomic mass is 10.1. The predicted octanol–water partition coefficient (Wildman–Crippen LogP) is 2.70. The number of hydrogen-bond acceptors (Lipinski definition) is 3. The molecule has 92 valence electrons. The third-order valence-electron chi connectivity index (χ3n) is 2.57. The first-order valence-electron chi connectivity index (χ1n) is 5.64. The Morgan fingerprint density at radius 1 is 1.33 bits per heavy atom. The number of carboxylic acid groups (broad SMARTS) is 1.